The molecule has 42 valence electrons. The van der Waals surface area contributed by atoms with Crippen LogP contribution in [0.3, 0.4) is 0 Å². The van der Waals surface area contributed by atoms with Gasteiger partial charge in [-0.3, -0.25) is 0 Å². The van der Waals surface area contributed by atoms with Gasteiger partial charge in [0.1, 0.15) is 0 Å². The third kappa shape index (κ3) is 32.3. The number of rotatable bonds is 0. The SMILES string of the molecule is CC[SiH3].I[I-]I. The molecule has 0 aliphatic carbocycles. The molecule has 0 radical (unpaired) electrons. The van der Waals surface area contributed by atoms with Gasteiger partial charge in [0.05, 0.1) is 0 Å². The molecule has 0 aromatic carbocycles. The standard InChI is InChI=1S/C2H8Si.I3/c1-2-3;1-3-2/h2H2,1,3H3;/q;-1. The van der Waals surface area contributed by atoms with E-state index in [1.807, 2.05) is 0 Å². The second kappa shape index (κ2) is 15.7. The van der Waals surface area contributed by atoms with Gasteiger partial charge in [0.25, 0.3) is 0 Å². The van der Waals surface area contributed by atoms with Gasteiger partial charge < -0.3 is 0 Å². The second-order valence-corrected chi connectivity index (χ2v) is 18.4. The van der Waals surface area contributed by atoms with E-state index in [9.17, 15) is 0 Å². The molecule has 0 fully saturated rings. The predicted octanol–water partition coefficient (Wildman–Crippen LogP) is -1.43. The summed E-state index contributed by atoms with van der Waals surface area (Å²) in [4.78, 5) is 0. The topological polar surface area (TPSA) is 0 Å². The summed E-state index contributed by atoms with van der Waals surface area (Å²) in [5.41, 5.74) is 0. The summed E-state index contributed by atoms with van der Waals surface area (Å²) in [5, 5.41) is 0. The van der Waals surface area contributed by atoms with Gasteiger partial charge in [-0.25, -0.2) is 0 Å². The Labute approximate surface area is 72.3 Å². The van der Waals surface area contributed by atoms with E-state index in [1.165, 1.54) is 16.3 Å². The zero-order valence-electron chi connectivity index (χ0n) is 3.84. The molecule has 0 bridgehead atoms. The fourth-order valence-corrected chi connectivity index (χ4v) is 0. The summed E-state index contributed by atoms with van der Waals surface area (Å²) in [7, 11) is 1.37. The van der Waals surface area contributed by atoms with E-state index in [1.54, 1.807) is 0 Å². The third-order valence-corrected chi connectivity index (χ3v) is 0. The molecule has 6 heavy (non-hydrogen) atoms. The molecule has 0 saturated carbocycles. The van der Waals surface area contributed by atoms with Crippen molar-refractivity contribution in [2.75, 3.05) is 0 Å². The van der Waals surface area contributed by atoms with Crippen molar-refractivity contribution in [2.24, 2.45) is 0 Å². The summed E-state index contributed by atoms with van der Waals surface area (Å²) in [5.74, 6) is 0. The van der Waals surface area contributed by atoms with Crippen LogP contribution in [0.4, 0.5) is 0 Å². The van der Waals surface area contributed by atoms with E-state index in [2.05, 4.69) is 44.2 Å². The van der Waals surface area contributed by atoms with Crippen LogP contribution in [-0.2, 0) is 0 Å². The first kappa shape index (κ1) is 11.2. The number of hydrogen-bond donors (Lipinski definition) is 0. The molecule has 0 aliphatic heterocycles. The molecular weight excluding hydrogens is 433 g/mol. The average Bonchev–Trinajstić information content (AvgIpc) is 1.39. The van der Waals surface area contributed by atoms with Gasteiger partial charge in [-0.15, -0.1) is 0 Å². The summed E-state index contributed by atoms with van der Waals surface area (Å²) >= 11 is 5.30. The normalized spacial score (nSPS) is 7.17. The average molecular weight is 441 g/mol. The van der Waals surface area contributed by atoms with Crippen molar-refractivity contribution in [3.05, 3.63) is 0 Å². The van der Waals surface area contributed by atoms with Crippen LogP contribution in [0.25, 0.3) is 0 Å². The molecule has 0 aliphatic rings. The molecule has 0 N–H and O–H groups in total. The molecule has 0 aromatic heterocycles. The van der Waals surface area contributed by atoms with E-state index in [0.29, 0.717) is 13.3 Å². The molecule has 0 rings (SSSR count). The van der Waals surface area contributed by atoms with Crippen molar-refractivity contribution in [1.29, 1.82) is 0 Å². The van der Waals surface area contributed by atoms with Gasteiger partial charge in [0.15, 0.2) is 0 Å². The van der Waals surface area contributed by atoms with Crippen molar-refractivity contribution < 1.29 is 13.3 Å². The maximum atomic E-state index is 2.39. The van der Waals surface area contributed by atoms with Crippen LogP contribution in [0.5, 0.6) is 0 Å². The molecular formula is C2H8I3Si-. The van der Waals surface area contributed by atoms with Crippen LogP contribution < -0.4 is 13.3 Å². The molecule has 0 aromatic rings. The van der Waals surface area contributed by atoms with Crippen LogP contribution in [0.2, 0.25) is 6.04 Å². The second-order valence-electron chi connectivity index (χ2n) is 0.761. The van der Waals surface area contributed by atoms with Gasteiger partial charge >= 0.3 is 50.5 Å². The zero-order chi connectivity index (χ0) is 5.41. The van der Waals surface area contributed by atoms with Crippen molar-refractivity contribution in [3.63, 3.8) is 0 Å². The van der Waals surface area contributed by atoms with Gasteiger partial charge in [-0.2, -0.15) is 0 Å². The van der Waals surface area contributed by atoms with E-state index in [4.69, 9.17) is 0 Å². The Morgan fingerprint density at radius 1 is 1.67 bits per heavy atom. The Balaban J connectivity index is 0. The van der Waals surface area contributed by atoms with Gasteiger partial charge in [0, 0.05) is 10.2 Å². The Morgan fingerprint density at radius 3 is 1.67 bits per heavy atom. The molecule has 0 atom stereocenters. The first-order valence-corrected chi connectivity index (χ1v) is 15.7. The molecule has 0 amide bonds. The molecule has 4 heteroatoms. The fourth-order valence-electron chi connectivity index (χ4n) is 0. The zero-order valence-corrected chi connectivity index (χ0v) is 12.3. The summed E-state index contributed by atoms with van der Waals surface area (Å²) in [6, 6.07) is 1.39. The minimum absolute atomic E-state index is 0.530. The van der Waals surface area contributed by atoms with E-state index >= 15 is 0 Å². The first-order valence-electron chi connectivity index (χ1n) is 1.70. The van der Waals surface area contributed by atoms with E-state index in [-0.39, 0.29) is 0 Å². The Hall–Kier alpha value is 2.41. The van der Waals surface area contributed by atoms with Crippen LogP contribution in [0.15, 0.2) is 0 Å². The van der Waals surface area contributed by atoms with Crippen LogP contribution in [0, 0.1) is 0 Å². The molecule has 0 saturated heterocycles. The molecule has 0 spiro atoms. The van der Waals surface area contributed by atoms with Crippen molar-refractivity contribution >= 4 is 47.5 Å². The third-order valence-electron chi connectivity index (χ3n) is 0. The van der Waals surface area contributed by atoms with E-state index < -0.39 is 0 Å². The first-order chi connectivity index (χ1) is 2.83. The summed E-state index contributed by atoms with van der Waals surface area (Å²) in [6.45, 7) is 2.19. The van der Waals surface area contributed by atoms with Gasteiger partial charge in [0.2, 0.25) is 0 Å². The Morgan fingerprint density at radius 2 is 1.67 bits per heavy atom. The predicted molar refractivity (Wildman–Crippen MR) is 48.5 cm³/mol. The van der Waals surface area contributed by atoms with Crippen LogP contribution >= 0.6 is 37.2 Å². The summed E-state index contributed by atoms with van der Waals surface area (Å²) in [6.07, 6.45) is 0. The minimum atomic E-state index is 0.530. The maximum absolute atomic E-state index is 2.39. The number of hydrogen-bond acceptors (Lipinski definition) is 0. The van der Waals surface area contributed by atoms with Crippen LogP contribution in [0.1, 0.15) is 6.92 Å². The fraction of sp³-hybridized carbons (Fsp3) is 1.00. The summed E-state index contributed by atoms with van der Waals surface area (Å²) < 4.78 is 0. The molecule has 0 nitrogen and oxygen atoms in total. The van der Waals surface area contributed by atoms with Crippen molar-refractivity contribution in [2.45, 2.75) is 13.0 Å². The van der Waals surface area contributed by atoms with Gasteiger partial charge in [-0.1, -0.05) is 13.0 Å². The number of halogens is 3. The van der Waals surface area contributed by atoms with Crippen LogP contribution in [-0.4, -0.2) is 10.2 Å². The Kier molecular flexibility index (Phi) is 29.3. The quantitative estimate of drug-likeness (QED) is 0.320. The van der Waals surface area contributed by atoms with Crippen molar-refractivity contribution in [1.82, 2.24) is 0 Å². The van der Waals surface area contributed by atoms with Crippen molar-refractivity contribution in [3.8, 4) is 0 Å². The van der Waals surface area contributed by atoms with Gasteiger partial charge in [-0.05, 0) is 0 Å². The Bertz CT molecular complexity index is 10.8. The van der Waals surface area contributed by atoms with E-state index in [0.717, 1.165) is 0 Å². The monoisotopic (exact) mass is 441 g/mol. The molecule has 0 unspecified atom stereocenters. The molecule has 0 heterocycles.